The zero-order valence-corrected chi connectivity index (χ0v) is 13.1. The van der Waals surface area contributed by atoms with Crippen LogP contribution in [0.3, 0.4) is 0 Å². The van der Waals surface area contributed by atoms with Crippen molar-refractivity contribution >= 4 is 22.6 Å². The Hall–Kier alpha value is -2.12. The van der Waals surface area contributed by atoms with Gasteiger partial charge in [0.25, 0.3) is 0 Å². The summed E-state index contributed by atoms with van der Waals surface area (Å²) < 4.78 is 42.7. The Morgan fingerprint density at radius 2 is 1.92 bits per heavy atom. The number of nitrogens with zero attached hydrogens (tertiary/aromatic N) is 3. The number of hydrogen-bond acceptors (Lipinski definition) is 3. The third-order valence-electron chi connectivity index (χ3n) is 4.44. The molecule has 1 aliphatic rings. The molecule has 24 heavy (non-hydrogen) atoms. The van der Waals surface area contributed by atoms with Crippen molar-refractivity contribution in [3.63, 3.8) is 0 Å². The standard InChI is InChI=1S/C16H12ClF3N4/c17-16-15-13(1-2-22-16)23-14-4-8(12(21)6-24(14)15)7-3-10(19)11(20)5-9(7)18/h1-3,5,8,12H,4,6,21H2/t8?,12-/m0/s1. The molecule has 3 heterocycles. The highest BCUT2D eigenvalue weighted by molar-refractivity contribution is 6.33. The van der Waals surface area contributed by atoms with Crippen molar-refractivity contribution in [3.8, 4) is 0 Å². The summed E-state index contributed by atoms with van der Waals surface area (Å²) in [5.41, 5.74) is 7.59. The Morgan fingerprint density at radius 3 is 2.71 bits per heavy atom. The van der Waals surface area contributed by atoms with E-state index in [1.165, 1.54) is 0 Å². The molecular formula is C16H12ClF3N4. The minimum Gasteiger partial charge on any atom is -0.326 e. The van der Waals surface area contributed by atoms with Gasteiger partial charge in [-0.15, -0.1) is 0 Å². The average Bonchev–Trinajstić information content (AvgIpc) is 2.89. The number of aromatic nitrogens is 3. The van der Waals surface area contributed by atoms with E-state index in [1.54, 1.807) is 12.3 Å². The normalized spacial score (nSPS) is 20.4. The van der Waals surface area contributed by atoms with E-state index in [0.29, 0.717) is 41.0 Å². The van der Waals surface area contributed by atoms with Crippen molar-refractivity contribution < 1.29 is 13.2 Å². The molecule has 8 heteroatoms. The van der Waals surface area contributed by atoms with Gasteiger partial charge >= 0.3 is 0 Å². The van der Waals surface area contributed by atoms with E-state index in [9.17, 15) is 13.2 Å². The minimum atomic E-state index is -1.22. The summed E-state index contributed by atoms with van der Waals surface area (Å²) in [4.78, 5) is 8.52. The average molecular weight is 353 g/mol. The van der Waals surface area contributed by atoms with Gasteiger partial charge in [0.1, 0.15) is 17.2 Å². The van der Waals surface area contributed by atoms with Crippen LogP contribution in [0.15, 0.2) is 24.4 Å². The molecule has 0 spiro atoms. The molecule has 0 aliphatic carbocycles. The summed E-state index contributed by atoms with van der Waals surface area (Å²) in [6.45, 7) is 0.334. The third kappa shape index (κ3) is 2.27. The molecule has 1 unspecified atom stereocenters. The Morgan fingerprint density at radius 1 is 1.17 bits per heavy atom. The van der Waals surface area contributed by atoms with Crippen molar-refractivity contribution in [1.29, 1.82) is 0 Å². The Balaban J connectivity index is 1.81. The van der Waals surface area contributed by atoms with Gasteiger partial charge in [-0.1, -0.05) is 11.6 Å². The minimum absolute atomic E-state index is 0.0592. The number of hydrogen-bond donors (Lipinski definition) is 1. The van der Waals surface area contributed by atoms with E-state index in [2.05, 4.69) is 9.97 Å². The molecule has 2 N–H and O–H groups in total. The van der Waals surface area contributed by atoms with E-state index in [4.69, 9.17) is 17.3 Å². The number of benzene rings is 1. The number of rotatable bonds is 1. The van der Waals surface area contributed by atoms with Crippen LogP contribution < -0.4 is 5.73 Å². The summed E-state index contributed by atoms with van der Waals surface area (Å²) >= 11 is 6.14. The zero-order valence-electron chi connectivity index (χ0n) is 12.3. The molecule has 4 nitrogen and oxygen atoms in total. The highest BCUT2D eigenvalue weighted by atomic mass is 35.5. The molecule has 1 aliphatic heterocycles. The predicted molar refractivity (Wildman–Crippen MR) is 83.3 cm³/mol. The topological polar surface area (TPSA) is 56.7 Å². The summed E-state index contributed by atoms with van der Waals surface area (Å²) in [5, 5.41) is 0.316. The van der Waals surface area contributed by atoms with E-state index >= 15 is 0 Å². The van der Waals surface area contributed by atoms with Crippen LogP contribution in [0.2, 0.25) is 5.15 Å². The first-order chi connectivity index (χ1) is 11.5. The van der Waals surface area contributed by atoms with Crippen LogP contribution >= 0.6 is 11.6 Å². The molecule has 0 saturated carbocycles. The molecule has 124 valence electrons. The van der Waals surface area contributed by atoms with Gasteiger partial charge in [-0.2, -0.15) is 0 Å². The molecule has 2 aromatic heterocycles. The number of halogens is 4. The van der Waals surface area contributed by atoms with Gasteiger partial charge < -0.3 is 10.3 Å². The third-order valence-corrected chi connectivity index (χ3v) is 4.72. The maximum absolute atomic E-state index is 14.1. The van der Waals surface area contributed by atoms with Gasteiger partial charge in [0, 0.05) is 37.2 Å². The second kappa shape index (κ2) is 5.46. The Kier molecular flexibility index (Phi) is 3.51. The fraction of sp³-hybridized carbons (Fsp3) is 0.250. The molecular weight excluding hydrogens is 341 g/mol. The van der Waals surface area contributed by atoms with Crippen LogP contribution in [0.25, 0.3) is 11.0 Å². The van der Waals surface area contributed by atoms with Crippen molar-refractivity contribution in [3.05, 3.63) is 58.4 Å². The molecule has 2 atom stereocenters. The number of fused-ring (bicyclic) bond motifs is 3. The quantitative estimate of drug-likeness (QED) is 0.540. The van der Waals surface area contributed by atoms with Crippen LogP contribution in [-0.4, -0.2) is 20.6 Å². The lowest BCUT2D eigenvalue weighted by Crippen LogP contribution is -2.39. The second-order valence-electron chi connectivity index (χ2n) is 5.87. The lowest BCUT2D eigenvalue weighted by molar-refractivity contribution is 0.391. The van der Waals surface area contributed by atoms with Gasteiger partial charge in [-0.25, -0.2) is 23.1 Å². The fourth-order valence-electron chi connectivity index (χ4n) is 3.29. The summed E-state index contributed by atoms with van der Waals surface area (Å²) in [7, 11) is 0. The molecule has 0 radical (unpaired) electrons. The lowest BCUT2D eigenvalue weighted by Gasteiger charge is -2.30. The predicted octanol–water partition coefficient (Wildman–Crippen LogP) is 3.17. The van der Waals surface area contributed by atoms with Crippen LogP contribution in [0.1, 0.15) is 17.3 Å². The molecule has 0 bridgehead atoms. The highest BCUT2D eigenvalue weighted by Gasteiger charge is 2.32. The van der Waals surface area contributed by atoms with Crippen LogP contribution in [0.5, 0.6) is 0 Å². The van der Waals surface area contributed by atoms with Gasteiger partial charge in [-0.3, -0.25) is 0 Å². The monoisotopic (exact) mass is 352 g/mol. The van der Waals surface area contributed by atoms with Gasteiger partial charge in [0.2, 0.25) is 0 Å². The van der Waals surface area contributed by atoms with Gasteiger partial charge in [-0.05, 0) is 17.7 Å². The van der Waals surface area contributed by atoms with Crippen LogP contribution in [0, 0.1) is 17.5 Å². The van der Waals surface area contributed by atoms with Crippen LogP contribution in [-0.2, 0) is 13.0 Å². The van der Waals surface area contributed by atoms with E-state index in [0.717, 1.165) is 6.07 Å². The van der Waals surface area contributed by atoms with Crippen LogP contribution in [0.4, 0.5) is 13.2 Å². The first-order valence-electron chi connectivity index (χ1n) is 7.35. The van der Waals surface area contributed by atoms with E-state index < -0.39 is 29.4 Å². The summed E-state index contributed by atoms with van der Waals surface area (Å²) in [6.07, 6.45) is 1.85. The summed E-state index contributed by atoms with van der Waals surface area (Å²) in [5.74, 6) is -2.96. The molecule has 1 aromatic carbocycles. The fourth-order valence-corrected chi connectivity index (χ4v) is 3.54. The Bertz CT molecular complexity index is 956. The first-order valence-corrected chi connectivity index (χ1v) is 7.73. The van der Waals surface area contributed by atoms with E-state index in [1.807, 2.05) is 4.57 Å². The maximum Gasteiger partial charge on any atom is 0.161 e. The van der Waals surface area contributed by atoms with Crippen molar-refractivity contribution in [2.45, 2.75) is 24.9 Å². The van der Waals surface area contributed by atoms with Crippen molar-refractivity contribution in [2.24, 2.45) is 5.73 Å². The largest absolute Gasteiger partial charge is 0.326 e. The van der Waals surface area contributed by atoms with Crippen molar-refractivity contribution in [2.75, 3.05) is 0 Å². The van der Waals surface area contributed by atoms with Gasteiger partial charge in [0.15, 0.2) is 16.8 Å². The SMILES string of the molecule is N[C@H]1Cn2c(nc3ccnc(Cl)c32)CC1c1cc(F)c(F)cc1F. The number of pyridine rings is 1. The molecule has 0 amide bonds. The summed E-state index contributed by atoms with van der Waals surface area (Å²) in [6, 6.07) is 2.66. The maximum atomic E-state index is 14.1. The van der Waals surface area contributed by atoms with Crippen molar-refractivity contribution in [1.82, 2.24) is 14.5 Å². The van der Waals surface area contributed by atoms with E-state index in [-0.39, 0.29) is 5.56 Å². The smallest absolute Gasteiger partial charge is 0.161 e. The highest BCUT2D eigenvalue weighted by Crippen LogP contribution is 2.34. The molecule has 4 rings (SSSR count). The number of imidazole rings is 1. The molecule has 0 saturated heterocycles. The Labute approximate surface area is 140 Å². The lowest BCUT2D eigenvalue weighted by atomic mass is 9.86. The number of nitrogens with two attached hydrogens (primary N) is 1. The van der Waals surface area contributed by atoms with Gasteiger partial charge in [0.05, 0.1) is 5.52 Å². The zero-order chi connectivity index (χ0) is 17.0. The first kappa shape index (κ1) is 15.4. The second-order valence-corrected chi connectivity index (χ2v) is 6.23. The molecule has 0 fully saturated rings. The molecule has 3 aromatic rings.